The number of aromatic amines is 1. The van der Waals surface area contributed by atoms with Crippen molar-refractivity contribution in [3.63, 3.8) is 0 Å². The van der Waals surface area contributed by atoms with Gasteiger partial charge in [-0.2, -0.15) is 0 Å². The highest BCUT2D eigenvalue weighted by atomic mass is 16.1. The summed E-state index contributed by atoms with van der Waals surface area (Å²) in [4.78, 5) is 14.1. The van der Waals surface area contributed by atoms with E-state index in [9.17, 15) is 4.79 Å². The molecule has 0 radical (unpaired) electrons. The molecule has 12 heavy (non-hydrogen) atoms. The third kappa shape index (κ3) is 1.44. The molecular weight excluding hydrogens is 152 g/mol. The van der Waals surface area contributed by atoms with Crippen LogP contribution in [0.15, 0.2) is 11.0 Å². The van der Waals surface area contributed by atoms with E-state index < -0.39 is 0 Å². The first-order chi connectivity index (χ1) is 5.47. The van der Waals surface area contributed by atoms with Crippen LogP contribution >= 0.6 is 0 Å². The molecule has 0 spiro atoms. The summed E-state index contributed by atoms with van der Waals surface area (Å²) in [6.07, 6.45) is 2.82. The van der Waals surface area contributed by atoms with E-state index in [1.807, 2.05) is 13.1 Å². The number of imidazole rings is 1. The van der Waals surface area contributed by atoms with Gasteiger partial charge in [-0.15, -0.1) is 0 Å². The van der Waals surface area contributed by atoms with Gasteiger partial charge in [0.15, 0.2) is 0 Å². The number of aromatic nitrogens is 2. The van der Waals surface area contributed by atoms with Crippen LogP contribution in [0.4, 0.5) is 0 Å². The van der Waals surface area contributed by atoms with Gasteiger partial charge in [0.1, 0.15) is 0 Å². The molecule has 0 aromatic carbocycles. The van der Waals surface area contributed by atoms with Crippen molar-refractivity contribution in [1.82, 2.24) is 9.55 Å². The number of hydrogen-bond acceptors (Lipinski definition) is 1. The molecule has 0 aliphatic carbocycles. The average molecular weight is 168 g/mol. The summed E-state index contributed by atoms with van der Waals surface area (Å²) in [6, 6.07) is 0. The SMILES string of the molecule is CCC(C)(C)n1cc(C)[nH]c1=O. The minimum absolute atomic E-state index is 0.0145. The van der Waals surface area contributed by atoms with Crippen molar-refractivity contribution >= 4 is 0 Å². The third-order valence-corrected chi connectivity index (χ3v) is 2.36. The van der Waals surface area contributed by atoms with Crippen molar-refractivity contribution in [3.8, 4) is 0 Å². The van der Waals surface area contributed by atoms with E-state index in [0.717, 1.165) is 12.1 Å². The second-order valence-electron chi connectivity index (χ2n) is 3.78. The summed E-state index contributed by atoms with van der Waals surface area (Å²) in [7, 11) is 0. The monoisotopic (exact) mass is 168 g/mol. The molecule has 0 unspecified atom stereocenters. The fourth-order valence-electron chi connectivity index (χ4n) is 1.13. The fraction of sp³-hybridized carbons (Fsp3) is 0.667. The zero-order chi connectivity index (χ0) is 9.35. The maximum Gasteiger partial charge on any atom is 0.326 e. The summed E-state index contributed by atoms with van der Waals surface area (Å²) in [6.45, 7) is 8.09. The van der Waals surface area contributed by atoms with Crippen LogP contribution < -0.4 is 5.69 Å². The largest absolute Gasteiger partial charge is 0.326 e. The second-order valence-corrected chi connectivity index (χ2v) is 3.78. The van der Waals surface area contributed by atoms with Gasteiger partial charge in [0.25, 0.3) is 0 Å². The highest BCUT2D eigenvalue weighted by molar-refractivity contribution is 4.97. The van der Waals surface area contributed by atoms with Crippen molar-refractivity contribution in [2.75, 3.05) is 0 Å². The molecule has 0 atom stereocenters. The lowest BCUT2D eigenvalue weighted by atomic mass is 10.0. The van der Waals surface area contributed by atoms with E-state index in [1.165, 1.54) is 0 Å². The number of rotatable bonds is 2. The normalized spacial score (nSPS) is 12.0. The summed E-state index contributed by atoms with van der Waals surface area (Å²) in [5.74, 6) is 0. The Morgan fingerprint density at radius 1 is 1.58 bits per heavy atom. The summed E-state index contributed by atoms with van der Waals surface area (Å²) >= 11 is 0. The van der Waals surface area contributed by atoms with Crippen LogP contribution in [0.25, 0.3) is 0 Å². The number of nitrogens with one attached hydrogen (secondary N) is 1. The molecule has 0 bridgehead atoms. The van der Waals surface area contributed by atoms with Gasteiger partial charge >= 0.3 is 5.69 Å². The molecule has 1 heterocycles. The molecule has 3 nitrogen and oxygen atoms in total. The van der Waals surface area contributed by atoms with Crippen LogP contribution in [-0.2, 0) is 5.54 Å². The summed E-state index contributed by atoms with van der Waals surface area (Å²) < 4.78 is 1.75. The standard InChI is InChI=1S/C9H16N2O/c1-5-9(3,4)11-6-7(2)10-8(11)12/h6H,5H2,1-4H3,(H,10,12). The van der Waals surface area contributed by atoms with Crippen LogP contribution in [-0.4, -0.2) is 9.55 Å². The Hall–Kier alpha value is -0.990. The zero-order valence-electron chi connectivity index (χ0n) is 8.14. The Kier molecular flexibility index (Phi) is 2.13. The molecule has 1 aromatic rings. The smallest absolute Gasteiger partial charge is 0.310 e. The Morgan fingerprint density at radius 3 is 2.50 bits per heavy atom. The molecule has 1 rings (SSSR count). The Bertz CT molecular complexity index is 320. The molecule has 68 valence electrons. The molecular formula is C9H16N2O. The zero-order valence-corrected chi connectivity index (χ0v) is 8.14. The van der Waals surface area contributed by atoms with Crippen LogP contribution in [0.5, 0.6) is 0 Å². The third-order valence-electron chi connectivity index (χ3n) is 2.36. The minimum atomic E-state index is -0.0815. The number of aryl methyl sites for hydroxylation is 1. The number of H-pyrrole nitrogens is 1. The molecule has 1 aromatic heterocycles. The van der Waals surface area contributed by atoms with E-state index in [4.69, 9.17) is 0 Å². The van der Waals surface area contributed by atoms with E-state index in [2.05, 4.69) is 25.8 Å². The van der Waals surface area contributed by atoms with Gasteiger partial charge in [0, 0.05) is 17.4 Å². The molecule has 1 N–H and O–H groups in total. The molecule has 0 amide bonds. The van der Waals surface area contributed by atoms with Gasteiger partial charge in [-0.05, 0) is 27.2 Å². The van der Waals surface area contributed by atoms with Gasteiger partial charge in [0.2, 0.25) is 0 Å². The maximum absolute atomic E-state index is 11.4. The highest BCUT2D eigenvalue weighted by Gasteiger charge is 2.19. The Balaban J connectivity index is 3.19. The fourth-order valence-corrected chi connectivity index (χ4v) is 1.13. The van der Waals surface area contributed by atoms with E-state index >= 15 is 0 Å². The Morgan fingerprint density at radius 2 is 2.17 bits per heavy atom. The predicted molar refractivity (Wildman–Crippen MR) is 49.4 cm³/mol. The van der Waals surface area contributed by atoms with Gasteiger partial charge < -0.3 is 4.98 Å². The van der Waals surface area contributed by atoms with Crippen LogP contribution in [0.3, 0.4) is 0 Å². The maximum atomic E-state index is 11.4. The summed E-state index contributed by atoms with van der Waals surface area (Å²) in [5.41, 5.74) is 0.822. The number of hydrogen-bond donors (Lipinski definition) is 1. The van der Waals surface area contributed by atoms with Gasteiger partial charge in [-0.1, -0.05) is 6.92 Å². The van der Waals surface area contributed by atoms with E-state index in [1.54, 1.807) is 4.57 Å². The van der Waals surface area contributed by atoms with Crippen molar-refractivity contribution in [2.45, 2.75) is 39.7 Å². The molecule has 3 heteroatoms. The van der Waals surface area contributed by atoms with E-state index in [-0.39, 0.29) is 11.2 Å². The molecule has 0 fully saturated rings. The van der Waals surface area contributed by atoms with E-state index in [0.29, 0.717) is 0 Å². The van der Waals surface area contributed by atoms with Crippen molar-refractivity contribution in [2.24, 2.45) is 0 Å². The highest BCUT2D eigenvalue weighted by Crippen LogP contribution is 2.16. The molecule has 0 saturated carbocycles. The first-order valence-corrected chi connectivity index (χ1v) is 4.26. The Labute approximate surface area is 72.4 Å². The number of nitrogens with zero attached hydrogens (tertiary/aromatic N) is 1. The lowest BCUT2D eigenvalue weighted by Crippen LogP contribution is -2.33. The topological polar surface area (TPSA) is 37.8 Å². The van der Waals surface area contributed by atoms with Crippen LogP contribution in [0, 0.1) is 6.92 Å². The average Bonchev–Trinajstić information content (AvgIpc) is 2.31. The predicted octanol–water partition coefficient (Wildman–Crippen LogP) is 1.63. The van der Waals surface area contributed by atoms with Gasteiger partial charge in [-0.3, -0.25) is 4.57 Å². The van der Waals surface area contributed by atoms with Gasteiger partial charge in [0.05, 0.1) is 0 Å². The van der Waals surface area contributed by atoms with Crippen LogP contribution in [0.2, 0.25) is 0 Å². The molecule has 0 saturated heterocycles. The molecule has 0 aliphatic heterocycles. The second kappa shape index (κ2) is 2.81. The lowest BCUT2D eigenvalue weighted by molar-refractivity contribution is 0.333. The quantitative estimate of drug-likeness (QED) is 0.716. The van der Waals surface area contributed by atoms with Gasteiger partial charge in [-0.25, -0.2) is 4.79 Å². The lowest BCUT2D eigenvalue weighted by Gasteiger charge is -2.23. The van der Waals surface area contributed by atoms with Crippen LogP contribution in [0.1, 0.15) is 32.9 Å². The van der Waals surface area contributed by atoms with Crippen molar-refractivity contribution in [3.05, 3.63) is 22.4 Å². The first-order valence-electron chi connectivity index (χ1n) is 4.26. The minimum Gasteiger partial charge on any atom is -0.310 e. The molecule has 0 aliphatic rings. The summed E-state index contributed by atoms with van der Waals surface area (Å²) in [5, 5.41) is 0. The first kappa shape index (κ1) is 9.10. The van der Waals surface area contributed by atoms with Crippen molar-refractivity contribution < 1.29 is 0 Å². The van der Waals surface area contributed by atoms with Crippen molar-refractivity contribution in [1.29, 1.82) is 0 Å².